The summed E-state index contributed by atoms with van der Waals surface area (Å²) >= 11 is 1.82. The second-order valence-corrected chi connectivity index (χ2v) is 8.03. The molecular formula is C22H32N4OS. The zero-order valence-corrected chi connectivity index (χ0v) is 17.8. The Kier molecular flexibility index (Phi) is 8.03. The first-order valence-electron chi connectivity index (χ1n) is 10.3. The molecule has 0 bridgehead atoms. The van der Waals surface area contributed by atoms with Crippen molar-refractivity contribution in [1.82, 2.24) is 10.6 Å². The summed E-state index contributed by atoms with van der Waals surface area (Å²) in [5.74, 6) is 1.85. The molecule has 2 heterocycles. The number of ether oxygens (including phenoxy) is 1. The van der Waals surface area contributed by atoms with Gasteiger partial charge in [-0.25, -0.2) is 0 Å². The molecule has 152 valence electrons. The predicted octanol–water partition coefficient (Wildman–Crippen LogP) is 3.91. The van der Waals surface area contributed by atoms with Crippen LogP contribution < -0.4 is 20.3 Å². The van der Waals surface area contributed by atoms with Gasteiger partial charge in [-0.3, -0.25) is 4.99 Å². The number of benzene rings is 1. The summed E-state index contributed by atoms with van der Waals surface area (Å²) in [7, 11) is 1.84. The summed E-state index contributed by atoms with van der Waals surface area (Å²) < 4.78 is 5.72. The van der Waals surface area contributed by atoms with Crippen molar-refractivity contribution in [2.75, 3.05) is 38.2 Å². The van der Waals surface area contributed by atoms with E-state index in [0.29, 0.717) is 6.04 Å². The van der Waals surface area contributed by atoms with Crippen molar-refractivity contribution in [3.63, 3.8) is 0 Å². The third kappa shape index (κ3) is 6.16. The van der Waals surface area contributed by atoms with E-state index in [4.69, 9.17) is 4.74 Å². The number of guanidine groups is 1. The third-order valence-electron chi connectivity index (χ3n) is 4.95. The molecule has 1 aromatic carbocycles. The van der Waals surface area contributed by atoms with E-state index in [0.717, 1.165) is 63.6 Å². The molecule has 1 aliphatic rings. The smallest absolute Gasteiger partial charge is 0.191 e. The van der Waals surface area contributed by atoms with Crippen LogP contribution in [0.5, 0.6) is 5.75 Å². The van der Waals surface area contributed by atoms with Crippen LogP contribution in [0.25, 0.3) is 0 Å². The zero-order chi connectivity index (χ0) is 19.6. The Bertz CT molecular complexity index is 724. The lowest BCUT2D eigenvalue weighted by Crippen LogP contribution is -2.49. The number of rotatable bonds is 8. The van der Waals surface area contributed by atoms with E-state index >= 15 is 0 Å². The van der Waals surface area contributed by atoms with Crippen molar-refractivity contribution in [3.8, 4) is 5.75 Å². The molecule has 1 aromatic heterocycles. The molecule has 28 heavy (non-hydrogen) atoms. The first-order valence-corrected chi connectivity index (χ1v) is 11.1. The molecule has 0 spiro atoms. The van der Waals surface area contributed by atoms with Crippen LogP contribution in [-0.4, -0.2) is 45.3 Å². The van der Waals surface area contributed by atoms with E-state index in [1.165, 1.54) is 10.6 Å². The third-order valence-corrected chi connectivity index (χ3v) is 5.88. The largest absolute Gasteiger partial charge is 0.494 e. The van der Waals surface area contributed by atoms with E-state index in [-0.39, 0.29) is 0 Å². The topological polar surface area (TPSA) is 48.9 Å². The lowest BCUT2D eigenvalue weighted by atomic mass is 10.1. The number of nitrogens with one attached hydrogen (secondary N) is 2. The highest BCUT2D eigenvalue weighted by molar-refractivity contribution is 7.14. The van der Waals surface area contributed by atoms with Crippen LogP contribution in [0.2, 0.25) is 0 Å². The summed E-state index contributed by atoms with van der Waals surface area (Å²) in [5.41, 5.74) is 1.28. The first-order chi connectivity index (χ1) is 13.8. The fourth-order valence-corrected chi connectivity index (χ4v) is 4.20. The average molecular weight is 401 g/mol. The van der Waals surface area contributed by atoms with E-state index in [9.17, 15) is 0 Å². The molecule has 1 aliphatic heterocycles. The van der Waals surface area contributed by atoms with Gasteiger partial charge in [-0.05, 0) is 60.9 Å². The van der Waals surface area contributed by atoms with Gasteiger partial charge in [0.05, 0.1) is 11.6 Å². The number of aliphatic imine (C=N–C) groups is 1. The standard InChI is InChI=1S/C22H32N4OS/c1-3-15-27-20-7-4-6-18(17-20)9-12-24-22(23-2)25-19-10-13-26(14-11-19)21-8-5-16-28-21/h4-8,16-17,19H,3,9-15H2,1-2H3,(H2,23,24,25). The fraction of sp³-hybridized carbons (Fsp3) is 0.500. The van der Waals surface area contributed by atoms with E-state index < -0.39 is 0 Å². The van der Waals surface area contributed by atoms with Crippen molar-refractivity contribution < 1.29 is 4.74 Å². The number of hydrogen-bond donors (Lipinski definition) is 2. The van der Waals surface area contributed by atoms with E-state index in [2.05, 4.69) is 63.2 Å². The highest BCUT2D eigenvalue weighted by Crippen LogP contribution is 2.24. The van der Waals surface area contributed by atoms with Crippen molar-refractivity contribution in [3.05, 3.63) is 47.3 Å². The van der Waals surface area contributed by atoms with Gasteiger partial charge in [0.15, 0.2) is 5.96 Å². The van der Waals surface area contributed by atoms with Crippen LogP contribution in [0.1, 0.15) is 31.7 Å². The van der Waals surface area contributed by atoms with Gasteiger partial charge >= 0.3 is 0 Å². The molecule has 0 saturated carbocycles. The van der Waals surface area contributed by atoms with E-state index in [1.807, 2.05) is 24.5 Å². The molecule has 3 rings (SSSR count). The van der Waals surface area contributed by atoms with Gasteiger partial charge in [0.1, 0.15) is 5.75 Å². The number of anilines is 1. The minimum absolute atomic E-state index is 0.480. The van der Waals surface area contributed by atoms with Crippen LogP contribution in [0.15, 0.2) is 46.8 Å². The molecule has 0 unspecified atom stereocenters. The number of nitrogens with zero attached hydrogens (tertiary/aromatic N) is 2. The highest BCUT2D eigenvalue weighted by atomic mass is 32.1. The van der Waals surface area contributed by atoms with Gasteiger partial charge in [-0.1, -0.05) is 19.1 Å². The Morgan fingerprint density at radius 2 is 2.11 bits per heavy atom. The molecule has 5 nitrogen and oxygen atoms in total. The zero-order valence-electron chi connectivity index (χ0n) is 17.0. The summed E-state index contributed by atoms with van der Waals surface area (Å²) in [6.07, 6.45) is 4.24. The predicted molar refractivity (Wildman–Crippen MR) is 120 cm³/mol. The molecule has 1 saturated heterocycles. The quantitative estimate of drug-likeness (QED) is 0.521. The summed E-state index contributed by atoms with van der Waals surface area (Å²) in [6, 6.07) is 13.2. The SMILES string of the molecule is CCCOc1cccc(CCNC(=NC)NC2CCN(c3cccs3)CC2)c1. The van der Waals surface area contributed by atoms with Gasteiger partial charge in [0.2, 0.25) is 0 Å². The van der Waals surface area contributed by atoms with Crippen LogP contribution in [0.4, 0.5) is 5.00 Å². The van der Waals surface area contributed by atoms with Crippen molar-refractivity contribution in [1.29, 1.82) is 0 Å². The van der Waals surface area contributed by atoms with Crippen LogP contribution in [-0.2, 0) is 6.42 Å². The monoisotopic (exact) mass is 400 g/mol. The van der Waals surface area contributed by atoms with Crippen LogP contribution in [0.3, 0.4) is 0 Å². The normalized spacial score (nSPS) is 15.5. The van der Waals surface area contributed by atoms with Gasteiger partial charge in [0, 0.05) is 32.7 Å². The maximum atomic E-state index is 5.72. The maximum Gasteiger partial charge on any atom is 0.191 e. The molecule has 0 radical (unpaired) electrons. The molecule has 0 amide bonds. The van der Waals surface area contributed by atoms with Crippen molar-refractivity contribution in [2.45, 2.75) is 38.6 Å². The minimum atomic E-state index is 0.480. The summed E-state index contributed by atoms with van der Waals surface area (Å²) in [5, 5.41) is 10.6. The fourth-order valence-electron chi connectivity index (χ4n) is 3.42. The highest BCUT2D eigenvalue weighted by Gasteiger charge is 2.20. The molecule has 6 heteroatoms. The lowest BCUT2D eigenvalue weighted by Gasteiger charge is -2.33. The van der Waals surface area contributed by atoms with Crippen molar-refractivity contribution >= 4 is 22.3 Å². The average Bonchev–Trinajstić information content (AvgIpc) is 3.27. The maximum absolute atomic E-state index is 5.72. The van der Waals surface area contributed by atoms with Crippen LogP contribution >= 0.6 is 11.3 Å². The Balaban J connectivity index is 1.39. The minimum Gasteiger partial charge on any atom is -0.494 e. The van der Waals surface area contributed by atoms with Gasteiger partial charge in [0.25, 0.3) is 0 Å². The lowest BCUT2D eigenvalue weighted by molar-refractivity contribution is 0.317. The Morgan fingerprint density at radius 1 is 1.25 bits per heavy atom. The molecular weight excluding hydrogens is 368 g/mol. The number of hydrogen-bond acceptors (Lipinski definition) is 4. The van der Waals surface area contributed by atoms with Crippen molar-refractivity contribution in [2.24, 2.45) is 4.99 Å². The molecule has 1 fully saturated rings. The van der Waals surface area contributed by atoms with Gasteiger partial charge in [-0.2, -0.15) is 0 Å². The van der Waals surface area contributed by atoms with Gasteiger partial charge in [-0.15, -0.1) is 11.3 Å². The Morgan fingerprint density at radius 3 is 2.82 bits per heavy atom. The summed E-state index contributed by atoms with van der Waals surface area (Å²) in [4.78, 5) is 6.88. The number of thiophene rings is 1. The molecule has 2 aromatic rings. The second-order valence-electron chi connectivity index (χ2n) is 7.10. The number of piperidine rings is 1. The van der Waals surface area contributed by atoms with E-state index in [1.54, 1.807) is 0 Å². The molecule has 2 N–H and O–H groups in total. The summed E-state index contributed by atoms with van der Waals surface area (Å²) in [6.45, 7) is 5.94. The molecule has 0 aliphatic carbocycles. The Labute approximate surface area is 172 Å². The Hall–Kier alpha value is -2.21. The molecule has 0 atom stereocenters. The first kappa shape index (κ1) is 20.5. The van der Waals surface area contributed by atoms with Crippen LogP contribution in [0, 0.1) is 0 Å². The second kappa shape index (κ2) is 11.0. The van der Waals surface area contributed by atoms with Gasteiger partial charge < -0.3 is 20.3 Å².